The summed E-state index contributed by atoms with van der Waals surface area (Å²) in [5.74, 6) is 1.23. The molecule has 11 heteroatoms. The van der Waals surface area contributed by atoms with Crippen LogP contribution in [0.2, 0.25) is 0 Å². The van der Waals surface area contributed by atoms with E-state index in [0.717, 1.165) is 55.7 Å². The topological polar surface area (TPSA) is 111 Å². The van der Waals surface area contributed by atoms with Crippen molar-refractivity contribution in [3.63, 3.8) is 0 Å². The Labute approximate surface area is 183 Å². The van der Waals surface area contributed by atoms with Crippen LogP contribution in [-0.2, 0) is 23.4 Å². The molecule has 3 aromatic heterocycles. The van der Waals surface area contributed by atoms with Crippen molar-refractivity contribution in [1.82, 2.24) is 34.4 Å². The minimum absolute atomic E-state index is 0. The van der Waals surface area contributed by atoms with E-state index in [1.165, 1.54) is 6.26 Å². The fourth-order valence-corrected chi connectivity index (χ4v) is 4.63. The van der Waals surface area contributed by atoms with Crippen LogP contribution in [0.1, 0.15) is 26.7 Å². The van der Waals surface area contributed by atoms with E-state index in [4.69, 9.17) is 0 Å². The lowest BCUT2D eigenvalue weighted by molar-refractivity contribution is 0.161. The predicted octanol–water partition coefficient (Wildman–Crippen LogP) is 2.09. The third-order valence-corrected chi connectivity index (χ3v) is 6.39. The molecule has 0 bridgehead atoms. The van der Waals surface area contributed by atoms with Crippen LogP contribution in [0.15, 0.2) is 24.8 Å². The second kappa shape index (κ2) is 9.73. The molecule has 1 N–H and O–H groups in total. The molecule has 1 saturated heterocycles. The highest BCUT2D eigenvalue weighted by molar-refractivity contribution is 7.90. The van der Waals surface area contributed by atoms with E-state index in [0.29, 0.717) is 18.3 Å². The summed E-state index contributed by atoms with van der Waals surface area (Å²) in [5, 5.41) is 12.8. The number of fused-ring (bicyclic) bond motifs is 1. The first-order valence-corrected chi connectivity index (χ1v) is 12.3. The first-order chi connectivity index (χ1) is 14.4. The van der Waals surface area contributed by atoms with Gasteiger partial charge >= 0.3 is 0 Å². The maximum absolute atomic E-state index is 11.4. The number of piperidine rings is 1. The number of anilines is 2. The normalized spacial score (nSPS) is 17.5. The lowest BCUT2D eigenvalue weighted by Gasteiger charge is -2.32. The Morgan fingerprint density at radius 1 is 1.23 bits per heavy atom. The van der Waals surface area contributed by atoms with Crippen molar-refractivity contribution in [2.24, 2.45) is 13.0 Å². The van der Waals surface area contributed by atoms with Gasteiger partial charge in [-0.2, -0.15) is 15.2 Å². The molecule has 4 rings (SSSR count). The lowest BCUT2D eigenvalue weighted by Crippen LogP contribution is -2.38. The van der Waals surface area contributed by atoms with Gasteiger partial charge in [0.2, 0.25) is 5.95 Å². The number of nitrogens with one attached hydrogen (secondary N) is 1. The predicted molar refractivity (Wildman–Crippen MR) is 122 cm³/mol. The van der Waals surface area contributed by atoms with Gasteiger partial charge in [-0.25, -0.2) is 18.1 Å². The molecule has 0 spiro atoms. The maximum atomic E-state index is 11.4. The van der Waals surface area contributed by atoms with Gasteiger partial charge in [-0.05, 0) is 38.3 Å². The lowest BCUT2D eigenvalue weighted by atomic mass is 9.98. The van der Waals surface area contributed by atoms with Crippen molar-refractivity contribution < 1.29 is 8.42 Å². The number of sulfone groups is 1. The van der Waals surface area contributed by atoms with E-state index in [1.807, 2.05) is 17.9 Å². The summed E-state index contributed by atoms with van der Waals surface area (Å²) in [6, 6.07) is 0. The van der Waals surface area contributed by atoms with E-state index in [9.17, 15) is 8.42 Å². The highest BCUT2D eigenvalue weighted by Gasteiger charge is 2.21. The molecule has 1 aliphatic heterocycles. The van der Waals surface area contributed by atoms with Gasteiger partial charge in [-0.15, -0.1) is 0 Å². The molecule has 1 unspecified atom stereocenters. The maximum Gasteiger partial charge on any atom is 0.229 e. The van der Waals surface area contributed by atoms with Gasteiger partial charge in [-0.1, -0.05) is 7.43 Å². The van der Waals surface area contributed by atoms with Gasteiger partial charge in [0.15, 0.2) is 5.65 Å². The molecule has 1 atom stereocenters. The van der Waals surface area contributed by atoms with Crippen molar-refractivity contribution >= 4 is 32.5 Å². The molecule has 0 radical (unpaired) electrons. The van der Waals surface area contributed by atoms with Crippen LogP contribution in [0.4, 0.5) is 11.6 Å². The van der Waals surface area contributed by atoms with Crippen LogP contribution in [0.25, 0.3) is 11.0 Å². The highest BCUT2D eigenvalue weighted by atomic mass is 32.2. The molecule has 31 heavy (non-hydrogen) atoms. The fourth-order valence-electron chi connectivity index (χ4n) is 3.97. The van der Waals surface area contributed by atoms with Crippen molar-refractivity contribution in [3.8, 4) is 0 Å². The molecule has 1 aliphatic rings. The Morgan fingerprint density at radius 2 is 2.06 bits per heavy atom. The summed E-state index contributed by atoms with van der Waals surface area (Å²) >= 11 is 0. The third kappa shape index (κ3) is 6.23. The Morgan fingerprint density at radius 3 is 2.81 bits per heavy atom. The number of aryl methyl sites for hydroxylation is 1. The smallest absolute Gasteiger partial charge is 0.229 e. The zero-order valence-electron chi connectivity index (χ0n) is 17.4. The third-order valence-electron chi connectivity index (χ3n) is 5.36. The van der Waals surface area contributed by atoms with Gasteiger partial charge in [0, 0.05) is 38.8 Å². The zero-order chi connectivity index (χ0) is 21.1. The highest BCUT2D eigenvalue weighted by Crippen LogP contribution is 2.21. The van der Waals surface area contributed by atoms with Crippen LogP contribution in [-0.4, -0.2) is 74.5 Å². The van der Waals surface area contributed by atoms with Crippen molar-refractivity contribution in [1.29, 1.82) is 0 Å². The van der Waals surface area contributed by atoms with E-state index < -0.39 is 9.84 Å². The van der Waals surface area contributed by atoms with Crippen LogP contribution in [0, 0.1) is 5.92 Å². The summed E-state index contributed by atoms with van der Waals surface area (Å²) in [5.41, 5.74) is 1.64. The second-order valence-corrected chi connectivity index (χ2v) is 10.4. The number of aromatic nitrogens is 6. The first-order valence-electron chi connectivity index (χ1n) is 10.2. The summed E-state index contributed by atoms with van der Waals surface area (Å²) in [6.45, 7) is 3.60. The van der Waals surface area contributed by atoms with E-state index in [1.54, 1.807) is 23.3 Å². The van der Waals surface area contributed by atoms with Crippen LogP contribution in [0.5, 0.6) is 0 Å². The van der Waals surface area contributed by atoms with Gasteiger partial charge in [0.25, 0.3) is 0 Å². The minimum Gasteiger partial charge on any atom is -0.321 e. The number of rotatable bonds is 8. The SMILES string of the molecule is C.Cn1cc(Nc2ncc3cnn(CC4CCCN(CCCS(C)(=O)=O)C4)c3n2)cn1. The molecule has 1 fully saturated rings. The standard InChI is InChI=1S/C19H28N8O2S.CH4/c1-25-14-17(11-21-25)23-19-20-9-16-10-22-27(18(16)24-19)13-15-5-3-6-26(12-15)7-4-8-30(2,28)29;/h9-11,14-15H,3-8,12-13H2,1-2H3,(H,20,23,24);1H4. The average molecular weight is 449 g/mol. The molecule has 3 aromatic rings. The fraction of sp³-hybridized carbons (Fsp3) is 0.600. The van der Waals surface area contributed by atoms with Crippen molar-refractivity contribution in [2.75, 3.05) is 37.0 Å². The summed E-state index contributed by atoms with van der Waals surface area (Å²) in [6.07, 6.45) is 11.4. The van der Waals surface area contributed by atoms with Crippen LogP contribution >= 0.6 is 0 Å². The Balaban J connectivity index is 0.00000272. The molecular weight excluding hydrogens is 416 g/mol. The van der Waals surface area contributed by atoms with Gasteiger partial charge in [0.1, 0.15) is 9.84 Å². The Hall–Kier alpha value is -2.53. The van der Waals surface area contributed by atoms with E-state index in [2.05, 4.69) is 30.4 Å². The number of nitrogens with zero attached hydrogens (tertiary/aromatic N) is 7. The zero-order valence-corrected chi connectivity index (χ0v) is 18.2. The van der Waals surface area contributed by atoms with E-state index >= 15 is 0 Å². The molecule has 0 aromatic carbocycles. The molecular formula is C20H32N8O2S. The first kappa shape index (κ1) is 23.1. The molecule has 4 heterocycles. The molecule has 0 amide bonds. The number of likely N-dealkylation sites (tertiary alicyclic amines) is 1. The molecule has 170 valence electrons. The summed E-state index contributed by atoms with van der Waals surface area (Å²) in [4.78, 5) is 11.4. The summed E-state index contributed by atoms with van der Waals surface area (Å²) in [7, 11) is -1.04. The monoisotopic (exact) mass is 448 g/mol. The van der Waals surface area contributed by atoms with Crippen LogP contribution < -0.4 is 5.32 Å². The minimum atomic E-state index is -2.90. The van der Waals surface area contributed by atoms with E-state index in [-0.39, 0.29) is 13.2 Å². The largest absolute Gasteiger partial charge is 0.321 e. The molecule has 0 aliphatic carbocycles. The molecule has 0 saturated carbocycles. The Kier molecular flexibility index (Phi) is 7.26. The molecule has 10 nitrogen and oxygen atoms in total. The number of hydrogen-bond donors (Lipinski definition) is 1. The second-order valence-electron chi connectivity index (χ2n) is 8.12. The van der Waals surface area contributed by atoms with Gasteiger partial charge < -0.3 is 10.2 Å². The Bertz CT molecular complexity index is 1110. The van der Waals surface area contributed by atoms with Gasteiger partial charge in [-0.3, -0.25) is 4.68 Å². The number of hydrogen-bond acceptors (Lipinski definition) is 8. The van der Waals surface area contributed by atoms with Crippen LogP contribution in [0.3, 0.4) is 0 Å². The van der Waals surface area contributed by atoms with Crippen molar-refractivity contribution in [3.05, 3.63) is 24.8 Å². The average Bonchev–Trinajstić information content (AvgIpc) is 3.27. The quantitative estimate of drug-likeness (QED) is 0.558. The van der Waals surface area contributed by atoms with Gasteiger partial charge in [0.05, 0.1) is 29.2 Å². The summed E-state index contributed by atoms with van der Waals surface area (Å²) < 4.78 is 26.4. The van der Waals surface area contributed by atoms with Crippen molar-refractivity contribution in [2.45, 2.75) is 33.2 Å².